The molecule has 0 fully saturated rings. The summed E-state index contributed by atoms with van der Waals surface area (Å²) in [5.74, 6) is 0.942. The van der Waals surface area contributed by atoms with E-state index in [1.54, 1.807) is 12.3 Å². The number of H-pyrrole nitrogens is 1. The minimum absolute atomic E-state index is 0.479. The smallest absolute Gasteiger partial charge is 0.152 e. The van der Waals surface area contributed by atoms with E-state index in [0.29, 0.717) is 16.9 Å². The fourth-order valence-electron chi connectivity index (χ4n) is 1.69. The second kappa shape index (κ2) is 6.78. The van der Waals surface area contributed by atoms with Crippen LogP contribution in [-0.2, 0) is 13.0 Å². The number of unbranched alkanes of at least 4 members (excludes halogenated alkanes) is 1. The van der Waals surface area contributed by atoms with Crippen LogP contribution >= 0.6 is 23.2 Å². The SMILES string of the molecule is CCCCc1nc(Cl)c(CNc2ccc(Cl)nc2)[nH]1. The third kappa shape index (κ3) is 4.11. The lowest BCUT2D eigenvalue weighted by atomic mass is 10.2. The van der Waals surface area contributed by atoms with Crippen molar-refractivity contribution in [1.29, 1.82) is 0 Å². The fraction of sp³-hybridized carbons (Fsp3) is 0.385. The lowest BCUT2D eigenvalue weighted by Gasteiger charge is -2.04. The number of aromatic nitrogens is 3. The van der Waals surface area contributed by atoms with Crippen molar-refractivity contribution in [2.75, 3.05) is 5.32 Å². The molecule has 0 aliphatic heterocycles. The Kier molecular flexibility index (Phi) is 5.05. The molecule has 6 heteroatoms. The molecule has 0 aliphatic rings. The van der Waals surface area contributed by atoms with Crippen LogP contribution in [0.5, 0.6) is 0 Å². The van der Waals surface area contributed by atoms with Gasteiger partial charge in [0.15, 0.2) is 5.15 Å². The van der Waals surface area contributed by atoms with E-state index >= 15 is 0 Å². The van der Waals surface area contributed by atoms with E-state index in [1.807, 2.05) is 6.07 Å². The number of hydrogen-bond donors (Lipinski definition) is 2. The monoisotopic (exact) mass is 298 g/mol. The largest absolute Gasteiger partial charge is 0.378 e. The number of nitrogens with one attached hydrogen (secondary N) is 2. The number of aryl methyl sites for hydroxylation is 1. The highest BCUT2D eigenvalue weighted by molar-refractivity contribution is 6.30. The van der Waals surface area contributed by atoms with Gasteiger partial charge in [-0.05, 0) is 18.6 Å². The lowest BCUT2D eigenvalue weighted by molar-refractivity contribution is 0.760. The summed E-state index contributed by atoms with van der Waals surface area (Å²) in [5, 5.41) is 4.23. The molecule has 0 spiro atoms. The van der Waals surface area contributed by atoms with Gasteiger partial charge in [-0.2, -0.15) is 0 Å². The average Bonchev–Trinajstić information content (AvgIpc) is 2.76. The molecule has 0 aromatic carbocycles. The van der Waals surface area contributed by atoms with Gasteiger partial charge < -0.3 is 10.3 Å². The zero-order valence-corrected chi connectivity index (χ0v) is 12.2. The van der Waals surface area contributed by atoms with Gasteiger partial charge in [0.2, 0.25) is 0 Å². The van der Waals surface area contributed by atoms with Crippen LogP contribution in [0, 0.1) is 0 Å². The predicted octanol–water partition coefficient (Wildman–Crippen LogP) is 4.07. The van der Waals surface area contributed by atoms with Crippen molar-refractivity contribution in [2.24, 2.45) is 0 Å². The summed E-state index contributed by atoms with van der Waals surface area (Å²) in [6, 6.07) is 3.61. The molecule has 0 atom stereocenters. The fourth-order valence-corrected chi connectivity index (χ4v) is 2.02. The molecule has 2 heterocycles. The van der Waals surface area contributed by atoms with Crippen LogP contribution in [0.4, 0.5) is 5.69 Å². The normalized spacial score (nSPS) is 10.7. The standard InChI is InChI=1S/C13H16Cl2N4/c1-2-3-4-12-18-10(13(15)19-12)8-16-9-5-6-11(14)17-7-9/h5-7,16H,2-4,8H2,1H3,(H,18,19). The van der Waals surface area contributed by atoms with Crippen molar-refractivity contribution in [2.45, 2.75) is 32.7 Å². The van der Waals surface area contributed by atoms with Gasteiger partial charge >= 0.3 is 0 Å². The second-order valence-electron chi connectivity index (χ2n) is 4.28. The maximum atomic E-state index is 6.10. The number of aromatic amines is 1. The molecule has 2 aromatic rings. The molecule has 0 bridgehead atoms. The highest BCUT2D eigenvalue weighted by Crippen LogP contribution is 2.16. The maximum absolute atomic E-state index is 6.10. The summed E-state index contributed by atoms with van der Waals surface area (Å²) < 4.78 is 0. The van der Waals surface area contributed by atoms with Crippen molar-refractivity contribution >= 4 is 28.9 Å². The van der Waals surface area contributed by atoms with E-state index in [1.165, 1.54) is 0 Å². The zero-order chi connectivity index (χ0) is 13.7. The lowest BCUT2D eigenvalue weighted by Crippen LogP contribution is -2.01. The molecule has 0 radical (unpaired) electrons. The molecular formula is C13H16Cl2N4. The van der Waals surface area contributed by atoms with E-state index in [-0.39, 0.29) is 0 Å². The van der Waals surface area contributed by atoms with Gasteiger partial charge in [0, 0.05) is 6.42 Å². The van der Waals surface area contributed by atoms with Crippen molar-refractivity contribution in [3.63, 3.8) is 0 Å². The number of imidazole rings is 1. The topological polar surface area (TPSA) is 53.6 Å². The summed E-state index contributed by atoms with van der Waals surface area (Å²) in [4.78, 5) is 11.6. The third-order valence-corrected chi connectivity index (χ3v) is 3.28. The number of rotatable bonds is 6. The molecule has 102 valence electrons. The van der Waals surface area contributed by atoms with Crippen LogP contribution in [0.3, 0.4) is 0 Å². The number of hydrogen-bond acceptors (Lipinski definition) is 3. The Morgan fingerprint density at radius 3 is 2.84 bits per heavy atom. The molecule has 0 saturated carbocycles. The first-order valence-electron chi connectivity index (χ1n) is 6.27. The molecule has 19 heavy (non-hydrogen) atoms. The van der Waals surface area contributed by atoms with E-state index in [2.05, 4.69) is 27.2 Å². The van der Waals surface area contributed by atoms with Gasteiger partial charge in [0.25, 0.3) is 0 Å². The summed E-state index contributed by atoms with van der Waals surface area (Å²) in [6.45, 7) is 2.74. The van der Waals surface area contributed by atoms with Gasteiger partial charge in [-0.25, -0.2) is 9.97 Å². The molecule has 0 aliphatic carbocycles. The Labute approximate surface area is 122 Å². The van der Waals surface area contributed by atoms with Crippen LogP contribution in [0.25, 0.3) is 0 Å². The third-order valence-electron chi connectivity index (χ3n) is 2.74. The van der Waals surface area contributed by atoms with Crippen molar-refractivity contribution in [3.8, 4) is 0 Å². The Bertz CT molecular complexity index is 522. The van der Waals surface area contributed by atoms with Gasteiger partial charge in [-0.1, -0.05) is 36.5 Å². The summed E-state index contributed by atoms with van der Waals surface area (Å²) >= 11 is 11.8. The Morgan fingerprint density at radius 2 is 2.16 bits per heavy atom. The minimum Gasteiger partial charge on any atom is -0.378 e. The molecular weight excluding hydrogens is 283 g/mol. The summed E-state index contributed by atoms with van der Waals surface area (Å²) in [7, 11) is 0. The number of halogens is 2. The van der Waals surface area contributed by atoms with Crippen LogP contribution in [0.15, 0.2) is 18.3 Å². The van der Waals surface area contributed by atoms with Crippen molar-refractivity contribution in [3.05, 3.63) is 40.2 Å². The number of anilines is 1. The van der Waals surface area contributed by atoms with Crippen LogP contribution in [-0.4, -0.2) is 15.0 Å². The van der Waals surface area contributed by atoms with E-state index in [0.717, 1.165) is 36.5 Å². The Morgan fingerprint density at radius 1 is 1.32 bits per heavy atom. The van der Waals surface area contributed by atoms with Crippen LogP contribution in [0.2, 0.25) is 10.3 Å². The minimum atomic E-state index is 0.479. The molecule has 4 nitrogen and oxygen atoms in total. The summed E-state index contributed by atoms with van der Waals surface area (Å²) in [6.07, 6.45) is 4.86. The number of nitrogens with zero attached hydrogens (tertiary/aromatic N) is 2. The second-order valence-corrected chi connectivity index (χ2v) is 5.02. The van der Waals surface area contributed by atoms with Gasteiger partial charge in [0.1, 0.15) is 11.0 Å². The van der Waals surface area contributed by atoms with E-state index in [4.69, 9.17) is 23.2 Å². The first kappa shape index (κ1) is 14.2. The van der Waals surface area contributed by atoms with Crippen molar-refractivity contribution < 1.29 is 0 Å². The van der Waals surface area contributed by atoms with Crippen LogP contribution in [0.1, 0.15) is 31.3 Å². The first-order chi connectivity index (χ1) is 9.19. The maximum Gasteiger partial charge on any atom is 0.152 e. The molecule has 0 saturated heterocycles. The molecule has 2 aromatic heterocycles. The average molecular weight is 299 g/mol. The molecule has 2 rings (SSSR count). The molecule has 0 unspecified atom stereocenters. The first-order valence-corrected chi connectivity index (χ1v) is 7.03. The quantitative estimate of drug-likeness (QED) is 0.791. The number of pyridine rings is 1. The Balaban J connectivity index is 1.95. The molecule has 2 N–H and O–H groups in total. The van der Waals surface area contributed by atoms with E-state index < -0.39 is 0 Å². The highest BCUT2D eigenvalue weighted by Gasteiger charge is 2.07. The zero-order valence-electron chi connectivity index (χ0n) is 10.7. The van der Waals surface area contributed by atoms with Gasteiger partial charge in [-0.15, -0.1) is 0 Å². The predicted molar refractivity (Wildman–Crippen MR) is 78.8 cm³/mol. The molecule has 0 amide bonds. The van der Waals surface area contributed by atoms with Crippen LogP contribution < -0.4 is 5.32 Å². The van der Waals surface area contributed by atoms with E-state index in [9.17, 15) is 0 Å². The van der Waals surface area contributed by atoms with Gasteiger partial charge in [0.05, 0.1) is 24.1 Å². The Hall–Kier alpha value is -1.26. The summed E-state index contributed by atoms with van der Waals surface area (Å²) in [5.41, 5.74) is 1.79. The van der Waals surface area contributed by atoms with Gasteiger partial charge in [-0.3, -0.25) is 0 Å². The van der Waals surface area contributed by atoms with Crippen molar-refractivity contribution in [1.82, 2.24) is 15.0 Å². The highest BCUT2D eigenvalue weighted by atomic mass is 35.5.